The largest absolute Gasteiger partial charge is 0.457 e. The predicted octanol–water partition coefficient (Wildman–Crippen LogP) is 2.42. The Kier molecular flexibility index (Phi) is 2.54. The predicted molar refractivity (Wildman–Crippen MR) is 41.0 cm³/mol. The fraction of sp³-hybridized carbons (Fsp3) is 1.00. The summed E-state index contributed by atoms with van der Waals surface area (Å²) in [6.07, 6.45) is -3.26. The number of alkyl halides is 5. The number of quaternary nitrogens is 1. The molecular formula is C8H13F5N+. The third kappa shape index (κ3) is 1.23. The highest BCUT2D eigenvalue weighted by Crippen LogP contribution is 2.48. The monoisotopic (exact) mass is 218 g/mol. The Hall–Kier alpha value is -0.390. The standard InChI is InChI=1S/C8H13F5N/c1-3-14(2)5-4-6(9)7(10,11)8(14,12)13/h6H,3-5H2,1-2H3/q+1. The van der Waals surface area contributed by atoms with Crippen molar-refractivity contribution in [3.63, 3.8) is 0 Å². The minimum absolute atomic E-state index is 0.144. The Balaban J connectivity index is 3.09. The molecule has 2 atom stereocenters. The van der Waals surface area contributed by atoms with Gasteiger partial charge in [0.1, 0.15) is 0 Å². The van der Waals surface area contributed by atoms with Gasteiger partial charge in [-0.3, -0.25) is 4.48 Å². The minimum Gasteiger partial charge on any atom is -0.260 e. The highest BCUT2D eigenvalue weighted by atomic mass is 19.3. The first kappa shape index (κ1) is 11.7. The van der Waals surface area contributed by atoms with Crippen LogP contribution >= 0.6 is 0 Å². The summed E-state index contributed by atoms with van der Waals surface area (Å²) in [6, 6.07) is -4.32. The summed E-state index contributed by atoms with van der Waals surface area (Å²) >= 11 is 0. The van der Waals surface area contributed by atoms with Crippen molar-refractivity contribution in [2.75, 3.05) is 20.1 Å². The lowest BCUT2D eigenvalue weighted by Crippen LogP contribution is -2.71. The van der Waals surface area contributed by atoms with Crippen molar-refractivity contribution < 1.29 is 26.4 Å². The molecule has 1 aliphatic heterocycles. The van der Waals surface area contributed by atoms with Gasteiger partial charge in [-0.05, 0) is 6.92 Å². The molecule has 2 unspecified atom stereocenters. The normalized spacial score (nSPS) is 40.9. The van der Waals surface area contributed by atoms with E-state index >= 15 is 0 Å². The smallest absolute Gasteiger partial charge is 0.260 e. The number of hydrogen-bond donors (Lipinski definition) is 0. The van der Waals surface area contributed by atoms with Crippen LogP contribution in [0.15, 0.2) is 0 Å². The number of rotatable bonds is 1. The molecule has 1 nitrogen and oxygen atoms in total. The van der Waals surface area contributed by atoms with Gasteiger partial charge in [0.2, 0.25) is 0 Å². The van der Waals surface area contributed by atoms with Gasteiger partial charge >= 0.3 is 12.0 Å². The van der Waals surface area contributed by atoms with Gasteiger partial charge in [-0.1, -0.05) is 0 Å². The molecule has 1 aliphatic rings. The summed E-state index contributed by atoms with van der Waals surface area (Å²) in [5, 5.41) is 0. The molecule has 6 heteroatoms. The van der Waals surface area contributed by atoms with Crippen molar-refractivity contribution in [3.05, 3.63) is 0 Å². The molecule has 0 amide bonds. The summed E-state index contributed by atoms with van der Waals surface area (Å²) in [5.74, 6) is -4.56. The Bertz CT molecular complexity index is 223. The average molecular weight is 218 g/mol. The van der Waals surface area contributed by atoms with Crippen LogP contribution in [0.25, 0.3) is 0 Å². The molecule has 0 aromatic rings. The van der Waals surface area contributed by atoms with Gasteiger partial charge in [0, 0.05) is 6.42 Å². The second-order valence-electron chi connectivity index (χ2n) is 3.86. The lowest BCUT2D eigenvalue weighted by atomic mass is 10.00. The number of piperidine rings is 1. The van der Waals surface area contributed by atoms with E-state index in [1.807, 2.05) is 0 Å². The second kappa shape index (κ2) is 3.05. The van der Waals surface area contributed by atoms with Crippen molar-refractivity contribution in [3.8, 4) is 0 Å². The van der Waals surface area contributed by atoms with Crippen molar-refractivity contribution in [2.24, 2.45) is 0 Å². The van der Waals surface area contributed by atoms with Crippen LogP contribution in [0.3, 0.4) is 0 Å². The molecule has 1 saturated heterocycles. The van der Waals surface area contributed by atoms with Gasteiger partial charge in [0.25, 0.3) is 0 Å². The van der Waals surface area contributed by atoms with Crippen LogP contribution in [0.5, 0.6) is 0 Å². The highest BCUT2D eigenvalue weighted by molar-refractivity contribution is 4.89. The second-order valence-corrected chi connectivity index (χ2v) is 3.86. The van der Waals surface area contributed by atoms with Crippen molar-refractivity contribution in [1.29, 1.82) is 0 Å². The van der Waals surface area contributed by atoms with Crippen molar-refractivity contribution in [1.82, 2.24) is 0 Å². The molecule has 0 aromatic carbocycles. The van der Waals surface area contributed by atoms with E-state index in [1.165, 1.54) is 6.92 Å². The van der Waals surface area contributed by atoms with E-state index in [2.05, 4.69) is 0 Å². The zero-order chi connectivity index (χ0) is 11.2. The number of halogens is 5. The molecule has 0 bridgehead atoms. The van der Waals surface area contributed by atoms with Gasteiger partial charge in [-0.15, -0.1) is 8.78 Å². The van der Waals surface area contributed by atoms with Crippen LogP contribution in [0.4, 0.5) is 22.0 Å². The summed E-state index contributed by atoms with van der Waals surface area (Å²) < 4.78 is 64.0. The first-order valence-electron chi connectivity index (χ1n) is 4.43. The maximum absolute atomic E-state index is 13.3. The molecule has 0 aliphatic carbocycles. The van der Waals surface area contributed by atoms with Crippen LogP contribution in [0.2, 0.25) is 0 Å². The third-order valence-electron chi connectivity index (χ3n) is 3.05. The van der Waals surface area contributed by atoms with Crippen molar-refractivity contribution >= 4 is 0 Å². The molecule has 0 aromatic heterocycles. The SMILES string of the molecule is CC[N+]1(C)CCC(F)C(F)(F)C1(F)F. The molecule has 84 valence electrons. The molecule has 1 rings (SSSR count). The van der Waals surface area contributed by atoms with E-state index in [4.69, 9.17) is 0 Å². The highest BCUT2D eigenvalue weighted by Gasteiger charge is 2.74. The maximum Gasteiger partial charge on any atom is 0.457 e. The number of hydrogen-bond acceptors (Lipinski definition) is 0. The van der Waals surface area contributed by atoms with E-state index in [-0.39, 0.29) is 13.1 Å². The Morgan fingerprint density at radius 2 is 1.79 bits per heavy atom. The van der Waals surface area contributed by atoms with Crippen LogP contribution in [0, 0.1) is 0 Å². The van der Waals surface area contributed by atoms with Gasteiger partial charge in [-0.2, -0.15) is 8.78 Å². The summed E-state index contributed by atoms with van der Waals surface area (Å²) in [6.45, 7) is 0.984. The average Bonchev–Trinajstić information content (AvgIpc) is 2.10. The fourth-order valence-electron chi connectivity index (χ4n) is 1.62. The van der Waals surface area contributed by atoms with Crippen LogP contribution < -0.4 is 0 Å². The summed E-state index contributed by atoms with van der Waals surface area (Å²) in [7, 11) is 1.03. The van der Waals surface area contributed by atoms with E-state index in [0.29, 0.717) is 0 Å². The topological polar surface area (TPSA) is 0 Å². The van der Waals surface area contributed by atoms with Crippen LogP contribution in [0.1, 0.15) is 13.3 Å². The lowest BCUT2D eigenvalue weighted by Gasteiger charge is -2.47. The van der Waals surface area contributed by atoms with Crippen LogP contribution in [-0.4, -0.2) is 42.8 Å². The molecule has 0 saturated carbocycles. The number of nitrogens with zero attached hydrogens (tertiary/aromatic N) is 1. The fourth-order valence-corrected chi connectivity index (χ4v) is 1.62. The quantitative estimate of drug-likeness (QED) is 0.360. The first-order chi connectivity index (χ1) is 6.19. The third-order valence-corrected chi connectivity index (χ3v) is 3.05. The summed E-state index contributed by atoms with van der Waals surface area (Å²) in [5.41, 5.74) is 0. The van der Waals surface area contributed by atoms with Crippen molar-refractivity contribution in [2.45, 2.75) is 31.5 Å². The molecule has 1 heterocycles. The Morgan fingerprint density at radius 3 is 2.21 bits per heavy atom. The van der Waals surface area contributed by atoms with E-state index in [1.54, 1.807) is 0 Å². The molecule has 1 fully saturated rings. The van der Waals surface area contributed by atoms with E-state index < -0.39 is 29.0 Å². The molecule has 14 heavy (non-hydrogen) atoms. The molecule has 0 radical (unpaired) electrons. The minimum atomic E-state index is -4.56. The first-order valence-corrected chi connectivity index (χ1v) is 4.43. The maximum atomic E-state index is 13.3. The van der Waals surface area contributed by atoms with E-state index in [0.717, 1.165) is 7.05 Å². The molecule has 0 spiro atoms. The number of likely N-dealkylation sites (tertiary alicyclic amines) is 1. The van der Waals surface area contributed by atoms with E-state index in [9.17, 15) is 22.0 Å². The van der Waals surface area contributed by atoms with Gasteiger partial charge in [0.05, 0.1) is 20.1 Å². The zero-order valence-corrected chi connectivity index (χ0v) is 8.04. The Labute approximate surface area is 79.1 Å². The Morgan fingerprint density at radius 1 is 1.29 bits per heavy atom. The molecular weight excluding hydrogens is 205 g/mol. The molecule has 0 N–H and O–H groups in total. The van der Waals surface area contributed by atoms with Gasteiger partial charge < -0.3 is 0 Å². The summed E-state index contributed by atoms with van der Waals surface area (Å²) in [4.78, 5) is 0. The van der Waals surface area contributed by atoms with Gasteiger partial charge in [-0.25, -0.2) is 4.39 Å². The van der Waals surface area contributed by atoms with Gasteiger partial charge in [0.15, 0.2) is 6.17 Å². The van der Waals surface area contributed by atoms with Crippen LogP contribution in [-0.2, 0) is 0 Å². The lowest BCUT2D eigenvalue weighted by molar-refractivity contribution is -1.01. The zero-order valence-electron chi connectivity index (χ0n) is 8.04.